The Bertz CT molecular complexity index is 394. The van der Waals surface area contributed by atoms with E-state index in [-0.39, 0.29) is 11.8 Å². The Kier molecular flexibility index (Phi) is 3.01. The van der Waals surface area contributed by atoms with Crippen LogP contribution in [-0.2, 0) is 0 Å². The third-order valence-corrected chi connectivity index (χ3v) is 2.69. The van der Waals surface area contributed by atoms with Gasteiger partial charge in [0.25, 0.3) is 11.8 Å². The van der Waals surface area contributed by atoms with Crippen molar-refractivity contribution in [1.82, 2.24) is 10.2 Å². The highest BCUT2D eigenvalue weighted by Crippen LogP contribution is 2.22. The first-order chi connectivity index (χ1) is 7.75. The van der Waals surface area contributed by atoms with E-state index in [2.05, 4.69) is 5.32 Å². The molecule has 0 saturated heterocycles. The van der Waals surface area contributed by atoms with Crippen LogP contribution in [0.25, 0.3) is 0 Å². The van der Waals surface area contributed by atoms with E-state index in [0.717, 1.165) is 13.0 Å². The number of rotatable bonds is 4. The Hall–Kier alpha value is -1.68. The van der Waals surface area contributed by atoms with Gasteiger partial charge in [0.05, 0.1) is 11.1 Å². The molecule has 0 aromatic heterocycles. The number of carbonyl (C=O) groups is 2. The molecule has 84 valence electrons. The average molecular weight is 218 g/mol. The van der Waals surface area contributed by atoms with Crippen LogP contribution in [0.2, 0.25) is 0 Å². The summed E-state index contributed by atoms with van der Waals surface area (Å²) in [5.41, 5.74) is 1.05. The van der Waals surface area contributed by atoms with Crippen molar-refractivity contribution in [2.75, 3.05) is 20.1 Å². The number of imide groups is 1. The van der Waals surface area contributed by atoms with Crippen LogP contribution in [0.4, 0.5) is 0 Å². The Balaban J connectivity index is 2.15. The second-order valence-electron chi connectivity index (χ2n) is 3.76. The maximum atomic E-state index is 11.9. The largest absolute Gasteiger partial charge is 0.320 e. The number of nitrogens with one attached hydrogen (secondary N) is 1. The molecule has 4 nitrogen and oxygen atoms in total. The van der Waals surface area contributed by atoms with Crippen molar-refractivity contribution in [3.05, 3.63) is 35.4 Å². The molecule has 0 spiro atoms. The van der Waals surface area contributed by atoms with Crippen LogP contribution in [-0.4, -0.2) is 36.9 Å². The molecule has 1 aromatic rings. The van der Waals surface area contributed by atoms with Crippen LogP contribution < -0.4 is 5.32 Å². The van der Waals surface area contributed by atoms with Crippen molar-refractivity contribution in [3.63, 3.8) is 0 Å². The molecular weight excluding hydrogens is 204 g/mol. The van der Waals surface area contributed by atoms with Gasteiger partial charge >= 0.3 is 0 Å². The number of benzene rings is 1. The molecule has 0 bridgehead atoms. The van der Waals surface area contributed by atoms with E-state index in [0.29, 0.717) is 17.7 Å². The topological polar surface area (TPSA) is 49.4 Å². The van der Waals surface area contributed by atoms with Crippen molar-refractivity contribution < 1.29 is 9.59 Å². The first kappa shape index (κ1) is 10.8. The van der Waals surface area contributed by atoms with Gasteiger partial charge in [-0.2, -0.15) is 0 Å². The first-order valence-electron chi connectivity index (χ1n) is 5.35. The first-order valence-corrected chi connectivity index (χ1v) is 5.35. The fourth-order valence-corrected chi connectivity index (χ4v) is 1.86. The minimum Gasteiger partial charge on any atom is -0.320 e. The van der Waals surface area contributed by atoms with Gasteiger partial charge in [-0.05, 0) is 32.1 Å². The van der Waals surface area contributed by atoms with Crippen LogP contribution in [0.15, 0.2) is 24.3 Å². The van der Waals surface area contributed by atoms with Crippen LogP contribution in [0, 0.1) is 0 Å². The van der Waals surface area contributed by atoms with Gasteiger partial charge in [0, 0.05) is 6.54 Å². The van der Waals surface area contributed by atoms with Gasteiger partial charge in [-0.15, -0.1) is 0 Å². The molecule has 0 saturated carbocycles. The number of amides is 2. The highest BCUT2D eigenvalue weighted by atomic mass is 16.2. The van der Waals surface area contributed by atoms with Gasteiger partial charge in [-0.3, -0.25) is 14.5 Å². The second-order valence-corrected chi connectivity index (χ2v) is 3.76. The molecule has 16 heavy (non-hydrogen) atoms. The fourth-order valence-electron chi connectivity index (χ4n) is 1.86. The monoisotopic (exact) mass is 218 g/mol. The lowest BCUT2D eigenvalue weighted by molar-refractivity contribution is 0.0653. The SMILES string of the molecule is CNCCCN1C(=O)c2ccccc2C1=O. The average Bonchev–Trinajstić information content (AvgIpc) is 2.55. The Morgan fingerprint density at radius 3 is 2.19 bits per heavy atom. The Morgan fingerprint density at radius 2 is 1.69 bits per heavy atom. The zero-order chi connectivity index (χ0) is 11.5. The zero-order valence-electron chi connectivity index (χ0n) is 9.19. The summed E-state index contributed by atoms with van der Waals surface area (Å²) in [6.07, 6.45) is 0.780. The van der Waals surface area contributed by atoms with E-state index in [1.54, 1.807) is 24.3 Å². The molecule has 0 unspecified atom stereocenters. The molecule has 1 N–H and O–H groups in total. The van der Waals surface area contributed by atoms with Gasteiger partial charge in [0.2, 0.25) is 0 Å². The van der Waals surface area contributed by atoms with Crippen molar-refractivity contribution in [1.29, 1.82) is 0 Å². The van der Waals surface area contributed by atoms with Crippen molar-refractivity contribution in [3.8, 4) is 0 Å². The fraction of sp³-hybridized carbons (Fsp3) is 0.333. The number of carbonyl (C=O) groups excluding carboxylic acids is 2. The third-order valence-electron chi connectivity index (χ3n) is 2.69. The molecule has 0 radical (unpaired) electrons. The summed E-state index contributed by atoms with van der Waals surface area (Å²) >= 11 is 0. The number of hydrogen-bond donors (Lipinski definition) is 1. The van der Waals surface area contributed by atoms with Gasteiger partial charge < -0.3 is 5.32 Å². The van der Waals surface area contributed by atoms with Crippen LogP contribution in [0.1, 0.15) is 27.1 Å². The van der Waals surface area contributed by atoms with Crippen LogP contribution >= 0.6 is 0 Å². The van der Waals surface area contributed by atoms with Crippen molar-refractivity contribution in [2.24, 2.45) is 0 Å². The molecule has 1 heterocycles. The predicted octanol–water partition coefficient (Wildman–Crippen LogP) is 0.892. The molecule has 1 aliphatic heterocycles. The maximum absolute atomic E-state index is 11.9. The lowest BCUT2D eigenvalue weighted by atomic mass is 10.1. The summed E-state index contributed by atoms with van der Waals surface area (Å²) in [5, 5.41) is 2.99. The number of hydrogen-bond acceptors (Lipinski definition) is 3. The van der Waals surface area contributed by atoms with E-state index in [1.807, 2.05) is 7.05 Å². The highest BCUT2D eigenvalue weighted by Gasteiger charge is 2.34. The lowest BCUT2D eigenvalue weighted by Gasteiger charge is -2.12. The molecule has 2 rings (SSSR count). The van der Waals surface area contributed by atoms with Crippen LogP contribution in [0.3, 0.4) is 0 Å². The second kappa shape index (κ2) is 4.45. The van der Waals surface area contributed by atoms with E-state index in [9.17, 15) is 9.59 Å². The smallest absolute Gasteiger partial charge is 0.261 e. The van der Waals surface area contributed by atoms with E-state index < -0.39 is 0 Å². The summed E-state index contributed by atoms with van der Waals surface area (Å²) in [7, 11) is 1.85. The zero-order valence-corrected chi connectivity index (χ0v) is 9.19. The molecule has 1 aliphatic rings. The van der Waals surface area contributed by atoms with Crippen LogP contribution in [0.5, 0.6) is 0 Å². The summed E-state index contributed by atoms with van der Waals surface area (Å²) in [6.45, 7) is 1.28. The standard InChI is InChI=1S/C12H14N2O2/c1-13-7-4-8-14-11(15)9-5-2-3-6-10(9)12(14)16/h2-3,5-6,13H,4,7-8H2,1H3. The lowest BCUT2D eigenvalue weighted by Crippen LogP contribution is -2.32. The predicted molar refractivity (Wildman–Crippen MR) is 60.4 cm³/mol. The van der Waals surface area contributed by atoms with Gasteiger partial charge in [-0.25, -0.2) is 0 Å². The number of fused-ring (bicyclic) bond motifs is 1. The van der Waals surface area contributed by atoms with E-state index in [1.165, 1.54) is 4.90 Å². The molecule has 2 amide bonds. The quantitative estimate of drug-likeness (QED) is 0.603. The highest BCUT2D eigenvalue weighted by molar-refractivity contribution is 6.21. The molecule has 0 aliphatic carbocycles. The number of nitrogens with zero attached hydrogens (tertiary/aromatic N) is 1. The molecule has 4 heteroatoms. The minimum absolute atomic E-state index is 0.170. The molecule has 1 aromatic carbocycles. The van der Waals surface area contributed by atoms with E-state index in [4.69, 9.17) is 0 Å². The normalized spacial score (nSPS) is 14.4. The van der Waals surface area contributed by atoms with Gasteiger partial charge in [-0.1, -0.05) is 12.1 Å². The summed E-state index contributed by atoms with van der Waals surface area (Å²) in [4.78, 5) is 25.1. The Morgan fingerprint density at radius 1 is 1.12 bits per heavy atom. The van der Waals surface area contributed by atoms with Gasteiger partial charge in [0.15, 0.2) is 0 Å². The van der Waals surface area contributed by atoms with Crippen molar-refractivity contribution in [2.45, 2.75) is 6.42 Å². The third kappa shape index (κ3) is 1.72. The molecule has 0 fully saturated rings. The summed E-state index contributed by atoms with van der Waals surface area (Å²) in [6, 6.07) is 6.96. The van der Waals surface area contributed by atoms with Gasteiger partial charge in [0.1, 0.15) is 0 Å². The van der Waals surface area contributed by atoms with Crippen molar-refractivity contribution >= 4 is 11.8 Å². The minimum atomic E-state index is -0.170. The molecular formula is C12H14N2O2. The summed E-state index contributed by atoms with van der Waals surface area (Å²) in [5.74, 6) is -0.339. The summed E-state index contributed by atoms with van der Waals surface area (Å²) < 4.78 is 0. The molecule has 0 atom stereocenters. The van der Waals surface area contributed by atoms with E-state index >= 15 is 0 Å². The maximum Gasteiger partial charge on any atom is 0.261 e. The Labute approximate surface area is 94.2 Å².